The van der Waals surface area contributed by atoms with Crippen molar-refractivity contribution in [3.8, 4) is 0 Å². The first-order chi connectivity index (χ1) is 7.76. The van der Waals surface area contributed by atoms with Crippen molar-refractivity contribution in [1.29, 1.82) is 0 Å². The van der Waals surface area contributed by atoms with Crippen LogP contribution in [0.5, 0.6) is 0 Å². The summed E-state index contributed by atoms with van der Waals surface area (Å²) in [6.07, 6.45) is 7.71. The summed E-state index contributed by atoms with van der Waals surface area (Å²) in [6, 6.07) is 0.497. The van der Waals surface area contributed by atoms with Gasteiger partial charge in [0.1, 0.15) is 0 Å². The van der Waals surface area contributed by atoms with Gasteiger partial charge in [0, 0.05) is 12.6 Å². The van der Waals surface area contributed by atoms with E-state index in [0.29, 0.717) is 6.04 Å². The number of nitrogens with two attached hydrogens (primary N) is 1. The van der Waals surface area contributed by atoms with Crippen LogP contribution >= 0.6 is 0 Å². The van der Waals surface area contributed by atoms with E-state index in [9.17, 15) is 0 Å². The molecule has 4 rings (SSSR count). The third kappa shape index (κ3) is 1.91. The monoisotopic (exact) mass is 222 g/mol. The normalized spacial score (nSPS) is 47.2. The molecule has 4 aliphatic rings. The molecular weight excluding hydrogens is 196 g/mol. The molecule has 0 unspecified atom stereocenters. The summed E-state index contributed by atoms with van der Waals surface area (Å²) < 4.78 is 0. The van der Waals surface area contributed by atoms with Crippen LogP contribution in [0.25, 0.3) is 0 Å². The summed E-state index contributed by atoms with van der Waals surface area (Å²) >= 11 is 0. The van der Waals surface area contributed by atoms with Crippen molar-refractivity contribution in [1.82, 2.24) is 5.32 Å². The Morgan fingerprint density at radius 3 is 2.12 bits per heavy atom. The SMILES string of the molecule is C[C@@H](CN)NCC1C2CC3CC(C2)CC1C3. The van der Waals surface area contributed by atoms with Crippen molar-refractivity contribution in [2.75, 3.05) is 13.1 Å². The molecule has 4 fully saturated rings. The van der Waals surface area contributed by atoms with Gasteiger partial charge in [0.15, 0.2) is 0 Å². The summed E-state index contributed by atoms with van der Waals surface area (Å²) in [5.74, 6) is 5.28. The van der Waals surface area contributed by atoms with Crippen molar-refractivity contribution >= 4 is 0 Å². The molecule has 3 N–H and O–H groups in total. The Morgan fingerprint density at radius 1 is 1.06 bits per heavy atom. The summed E-state index contributed by atoms with van der Waals surface area (Å²) in [4.78, 5) is 0. The summed E-state index contributed by atoms with van der Waals surface area (Å²) in [5, 5.41) is 3.64. The topological polar surface area (TPSA) is 38.0 Å². The maximum Gasteiger partial charge on any atom is 0.0162 e. The molecule has 16 heavy (non-hydrogen) atoms. The molecule has 0 aromatic heterocycles. The third-order valence-corrected chi connectivity index (χ3v) is 5.48. The van der Waals surface area contributed by atoms with E-state index in [-0.39, 0.29) is 0 Å². The van der Waals surface area contributed by atoms with Crippen LogP contribution in [-0.2, 0) is 0 Å². The zero-order valence-corrected chi connectivity index (χ0v) is 10.5. The van der Waals surface area contributed by atoms with Crippen LogP contribution in [0.3, 0.4) is 0 Å². The first-order valence-corrected chi connectivity index (χ1v) is 7.19. The highest BCUT2D eigenvalue weighted by Crippen LogP contribution is 2.56. The van der Waals surface area contributed by atoms with Crippen LogP contribution < -0.4 is 11.1 Å². The van der Waals surface area contributed by atoms with E-state index in [2.05, 4.69) is 12.2 Å². The van der Waals surface area contributed by atoms with Gasteiger partial charge in [-0.3, -0.25) is 0 Å². The quantitative estimate of drug-likeness (QED) is 0.763. The molecule has 4 aliphatic carbocycles. The Balaban J connectivity index is 1.59. The summed E-state index contributed by atoms with van der Waals surface area (Å²) in [5.41, 5.74) is 5.67. The van der Waals surface area contributed by atoms with Gasteiger partial charge in [0.05, 0.1) is 0 Å². The van der Waals surface area contributed by atoms with Crippen LogP contribution in [-0.4, -0.2) is 19.1 Å². The van der Waals surface area contributed by atoms with E-state index in [0.717, 1.165) is 36.1 Å². The Labute approximate surface area is 99.4 Å². The lowest BCUT2D eigenvalue weighted by Crippen LogP contribution is -2.50. The maximum absolute atomic E-state index is 5.67. The summed E-state index contributed by atoms with van der Waals surface area (Å²) in [6.45, 7) is 4.20. The predicted octanol–water partition coefficient (Wildman–Crippen LogP) is 2.00. The van der Waals surface area contributed by atoms with Crippen molar-refractivity contribution in [2.24, 2.45) is 35.3 Å². The highest BCUT2D eigenvalue weighted by molar-refractivity contribution is 4.98. The first-order valence-electron chi connectivity index (χ1n) is 7.19. The highest BCUT2D eigenvalue weighted by Gasteiger charge is 2.47. The van der Waals surface area contributed by atoms with E-state index >= 15 is 0 Å². The minimum Gasteiger partial charge on any atom is -0.329 e. The van der Waals surface area contributed by atoms with Gasteiger partial charge in [-0.05, 0) is 75.2 Å². The van der Waals surface area contributed by atoms with Gasteiger partial charge in [-0.15, -0.1) is 0 Å². The molecule has 0 aromatic rings. The Bertz CT molecular complexity index is 223. The molecule has 0 spiro atoms. The molecule has 1 atom stereocenters. The van der Waals surface area contributed by atoms with E-state index in [1.807, 2.05) is 0 Å². The van der Waals surface area contributed by atoms with Gasteiger partial charge in [0.25, 0.3) is 0 Å². The molecular formula is C14H26N2. The van der Waals surface area contributed by atoms with Crippen molar-refractivity contribution in [2.45, 2.75) is 45.1 Å². The standard InChI is InChI=1S/C14H26N2/c1-9(7-15)16-8-14-12-3-10-2-11(5-12)6-13(14)4-10/h9-14,16H,2-8,15H2,1H3/t9-,10?,11?,12?,13?,14?/m0/s1. The van der Waals surface area contributed by atoms with Crippen LogP contribution in [0.4, 0.5) is 0 Å². The Morgan fingerprint density at radius 2 is 1.62 bits per heavy atom. The molecule has 2 heteroatoms. The fraction of sp³-hybridized carbons (Fsp3) is 1.00. The second-order valence-corrected chi connectivity index (χ2v) is 6.64. The number of hydrogen-bond donors (Lipinski definition) is 2. The molecule has 0 aliphatic heterocycles. The minimum absolute atomic E-state index is 0.497. The zero-order chi connectivity index (χ0) is 11.1. The lowest BCUT2D eigenvalue weighted by molar-refractivity contribution is -0.0360. The predicted molar refractivity (Wildman–Crippen MR) is 67.1 cm³/mol. The van der Waals surface area contributed by atoms with Gasteiger partial charge in [-0.2, -0.15) is 0 Å². The fourth-order valence-electron chi connectivity index (χ4n) is 4.79. The zero-order valence-electron chi connectivity index (χ0n) is 10.5. The van der Waals surface area contributed by atoms with Gasteiger partial charge < -0.3 is 11.1 Å². The van der Waals surface area contributed by atoms with Crippen molar-refractivity contribution in [3.63, 3.8) is 0 Å². The summed E-state index contributed by atoms with van der Waals surface area (Å²) in [7, 11) is 0. The molecule has 4 bridgehead atoms. The molecule has 0 heterocycles. The van der Waals surface area contributed by atoms with Crippen molar-refractivity contribution < 1.29 is 0 Å². The lowest BCUT2D eigenvalue weighted by atomic mass is 9.52. The van der Waals surface area contributed by atoms with Crippen LogP contribution in [0.1, 0.15) is 39.0 Å². The smallest absolute Gasteiger partial charge is 0.0162 e. The van der Waals surface area contributed by atoms with Crippen LogP contribution in [0.15, 0.2) is 0 Å². The van der Waals surface area contributed by atoms with E-state index < -0.39 is 0 Å². The van der Waals surface area contributed by atoms with E-state index in [4.69, 9.17) is 5.73 Å². The number of hydrogen-bond acceptors (Lipinski definition) is 2. The van der Waals surface area contributed by atoms with E-state index in [1.54, 1.807) is 6.42 Å². The number of rotatable bonds is 4. The second-order valence-electron chi connectivity index (χ2n) is 6.64. The minimum atomic E-state index is 0.497. The number of nitrogens with one attached hydrogen (secondary N) is 1. The largest absolute Gasteiger partial charge is 0.329 e. The molecule has 0 saturated heterocycles. The lowest BCUT2D eigenvalue weighted by Gasteiger charge is -2.54. The third-order valence-electron chi connectivity index (χ3n) is 5.48. The average Bonchev–Trinajstić information content (AvgIpc) is 2.26. The molecule has 0 amide bonds. The maximum atomic E-state index is 5.67. The second kappa shape index (κ2) is 4.30. The first kappa shape index (κ1) is 11.0. The molecule has 0 aromatic carbocycles. The average molecular weight is 222 g/mol. The Kier molecular flexibility index (Phi) is 2.97. The molecule has 2 nitrogen and oxygen atoms in total. The van der Waals surface area contributed by atoms with Gasteiger partial charge in [0.2, 0.25) is 0 Å². The molecule has 4 saturated carbocycles. The van der Waals surface area contributed by atoms with Crippen molar-refractivity contribution in [3.05, 3.63) is 0 Å². The van der Waals surface area contributed by atoms with Gasteiger partial charge in [-0.1, -0.05) is 0 Å². The fourth-order valence-corrected chi connectivity index (χ4v) is 4.79. The molecule has 92 valence electrons. The highest BCUT2D eigenvalue weighted by atomic mass is 14.9. The molecule has 0 radical (unpaired) electrons. The van der Waals surface area contributed by atoms with Crippen LogP contribution in [0, 0.1) is 29.6 Å². The van der Waals surface area contributed by atoms with E-state index in [1.165, 1.54) is 32.2 Å². The Hall–Kier alpha value is -0.0800. The van der Waals surface area contributed by atoms with Gasteiger partial charge in [-0.25, -0.2) is 0 Å². The van der Waals surface area contributed by atoms with Gasteiger partial charge >= 0.3 is 0 Å². The van der Waals surface area contributed by atoms with Crippen LogP contribution in [0.2, 0.25) is 0 Å².